The molecule has 6 heteroatoms. The molecule has 0 aromatic carbocycles. The molecule has 0 amide bonds. The van der Waals surface area contributed by atoms with E-state index < -0.39 is 5.97 Å². The number of hydrogen-bond donors (Lipinski definition) is 2. The molecule has 0 radical (unpaired) electrons. The van der Waals surface area contributed by atoms with Crippen LogP contribution in [0, 0.1) is 5.41 Å². The predicted molar refractivity (Wildman–Crippen MR) is 51.7 cm³/mol. The van der Waals surface area contributed by atoms with Gasteiger partial charge in [0, 0.05) is 6.21 Å². The van der Waals surface area contributed by atoms with Crippen molar-refractivity contribution in [2.75, 3.05) is 7.05 Å². The number of carbonyl (C=O) groups is 1. The van der Waals surface area contributed by atoms with Gasteiger partial charge in [0.25, 0.3) is 0 Å². The van der Waals surface area contributed by atoms with Gasteiger partial charge in [0.05, 0.1) is 0 Å². The first-order valence-corrected chi connectivity index (χ1v) is 3.83. The van der Waals surface area contributed by atoms with Crippen LogP contribution >= 0.6 is 0 Å². The Morgan fingerprint density at radius 2 is 2.13 bits per heavy atom. The largest absolute Gasteiger partial charge is 1.00 e. The average Bonchev–Trinajstić information content (AvgIpc) is 2.63. The molecule has 0 aliphatic carbocycles. The summed E-state index contributed by atoms with van der Waals surface area (Å²) >= 11 is 0. The van der Waals surface area contributed by atoms with Crippen molar-refractivity contribution in [3.63, 3.8) is 0 Å². The van der Waals surface area contributed by atoms with Gasteiger partial charge < -0.3 is 20.2 Å². The smallest absolute Gasteiger partial charge is 0.684 e. The van der Waals surface area contributed by atoms with Crippen molar-refractivity contribution in [1.29, 1.82) is 5.41 Å². The fourth-order valence-corrected chi connectivity index (χ4v) is 0.936. The van der Waals surface area contributed by atoms with Crippen molar-refractivity contribution in [1.82, 2.24) is 0 Å². The second-order valence-electron chi connectivity index (χ2n) is 2.41. The third-order valence-electron chi connectivity index (χ3n) is 1.55. The Kier molecular flexibility index (Phi) is 6.78. The summed E-state index contributed by atoms with van der Waals surface area (Å²) in [5, 5.41) is 19.3. The first kappa shape index (κ1) is 14.6. The van der Waals surface area contributed by atoms with Gasteiger partial charge in [-0.2, -0.15) is 0 Å². The van der Waals surface area contributed by atoms with E-state index in [0.29, 0.717) is 11.5 Å². The monoisotopic (exact) mass is 232 g/mol. The van der Waals surface area contributed by atoms with Gasteiger partial charge in [-0.05, 0) is 12.1 Å². The van der Waals surface area contributed by atoms with Gasteiger partial charge in [0.2, 0.25) is 5.76 Å². The molecule has 0 aliphatic heterocycles. The molecule has 0 saturated heterocycles. The van der Waals surface area contributed by atoms with Crippen LogP contribution < -0.4 is 51.4 Å². The van der Waals surface area contributed by atoms with E-state index >= 15 is 0 Å². The summed E-state index contributed by atoms with van der Waals surface area (Å²) in [7, 11) is 1.54. The number of hydrogen-bond acceptors (Lipinski definition) is 3. The molecule has 0 atom stereocenters. The molecular weight excluding hydrogens is 223 g/mol. The van der Waals surface area contributed by atoms with E-state index in [1.54, 1.807) is 0 Å². The van der Waals surface area contributed by atoms with E-state index in [2.05, 4.69) is 5.32 Å². The van der Waals surface area contributed by atoms with Crippen LogP contribution in [0.15, 0.2) is 22.6 Å². The van der Waals surface area contributed by atoms with Crippen LogP contribution in [-0.2, 0) is 0 Å². The summed E-state index contributed by atoms with van der Waals surface area (Å²) in [6, 6.07) is 2.85. The first-order valence-electron chi connectivity index (χ1n) is 3.83. The van der Waals surface area contributed by atoms with Crippen LogP contribution in [0.25, 0.3) is 11.0 Å². The molecule has 0 aliphatic rings. The number of aromatic carboxylic acids is 1. The molecule has 0 bridgehead atoms. The summed E-state index contributed by atoms with van der Waals surface area (Å²) in [6.07, 6.45) is 2.48. The van der Waals surface area contributed by atoms with Gasteiger partial charge in [0.1, 0.15) is 5.76 Å². The minimum absolute atomic E-state index is 0. The number of nitrogens with zero attached hydrogens (tertiary/aromatic N) is 1. The molecule has 1 aromatic heterocycles. The molecule has 2 N–H and O–H groups in total. The maximum Gasteiger partial charge on any atom is 1.00 e. The standard InChI is InChI=1S/C9H10N2O3.K/c1-11-6(4-5-10)7-2-3-8(14-7)9(12)13;/h2-5H,1H3,(H3,10,11,12,13);/q;+1/p-1. The van der Waals surface area contributed by atoms with E-state index in [1.165, 1.54) is 25.3 Å². The quantitative estimate of drug-likeness (QED) is 0.514. The van der Waals surface area contributed by atoms with Crippen molar-refractivity contribution >= 4 is 17.9 Å². The molecule has 0 fully saturated rings. The van der Waals surface area contributed by atoms with Crippen molar-refractivity contribution in [3.05, 3.63) is 35.0 Å². The van der Waals surface area contributed by atoms with Gasteiger partial charge in [-0.15, -0.1) is 7.05 Å². The van der Waals surface area contributed by atoms with Crippen molar-refractivity contribution in [3.8, 4) is 0 Å². The van der Waals surface area contributed by atoms with E-state index in [9.17, 15) is 4.79 Å². The van der Waals surface area contributed by atoms with Gasteiger partial charge in [-0.25, -0.2) is 4.79 Å². The summed E-state index contributed by atoms with van der Waals surface area (Å²) in [4.78, 5) is 10.5. The second kappa shape index (κ2) is 6.97. The number of nitrogens with one attached hydrogen (secondary N) is 1. The minimum Gasteiger partial charge on any atom is -0.684 e. The number of carboxylic acid groups (broad SMARTS) is 1. The van der Waals surface area contributed by atoms with E-state index in [0.717, 1.165) is 6.21 Å². The Bertz CT molecular complexity index is 384. The zero-order chi connectivity index (χ0) is 10.6. The van der Waals surface area contributed by atoms with E-state index in [4.69, 9.17) is 14.9 Å². The van der Waals surface area contributed by atoms with Crippen LogP contribution in [0.2, 0.25) is 0 Å². The zero-order valence-electron chi connectivity index (χ0n) is 8.52. The molecule has 0 unspecified atom stereocenters. The van der Waals surface area contributed by atoms with Gasteiger partial charge in [-0.3, -0.25) is 0 Å². The number of rotatable bonds is 4. The summed E-state index contributed by atoms with van der Waals surface area (Å²) in [6.45, 7) is 0. The summed E-state index contributed by atoms with van der Waals surface area (Å²) < 4.78 is 4.99. The van der Waals surface area contributed by atoms with Crippen LogP contribution in [-0.4, -0.2) is 24.3 Å². The Hall–Kier alpha value is -0.404. The topological polar surface area (TPSA) is 88.4 Å². The fourth-order valence-electron chi connectivity index (χ4n) is 0.936. The first-order chi connectivity index (χ1) is 6.69. The Balaban J connectivity index is 0.00000196. The van der Waals surface area contributed by atoms with Crippen molar-refractivity contribution in [2.45, 2.75) is 0 Å². The molecule has 5 nitrogen and oxygen atoms in total. The van der Waals surface area contributed by atoms with E-state index in [1.807, 2.05) is 0 Å². The number of furan rings is 1. The maximum atomic E-state index is 10.5. The van der Waals surface area contributed by atoms with Crippen LogP contribution in [0.4, 0.5) is 0 Å². The van der Waals surface area contributed by atoms with Crippen molar-refractivity contribution in [2.24, 2.45) is 0 Å². The molecule has 74 valence electrons. The molecule has 1 rings (SSSR count). The molecule has 0 saturated carbocycles. The van der Waals surface area contributed by atoms with Gasteiger partial charge in [-0.1, -0.05) is 11.8 Å². The summed E-state index contributed by atoms with van der Waals surface area (Å²) in [5.74, 6) is -0.922. The van der Waals surface area contributed by atoms with E-state index in [-0.39, 0.29) is 57.1 Å². The number of allylic oxidation sites excluding steroid dienone is 1. The van der Waals surface area contributed by atoms with Gasteiger partial charge >= 0.3 is 57.4 Å². The third kappa shape index (κ3) is 3.92. The Morgan fingerprint density at radius 1 is 1.53 bits per heavy atom. The Labute approximate surface area is 129 Å². The summed E-state index contributed by atoms with van der Waals surface area (Å²) in [5.41, 5.74) is 0.438. The van der Waals surface area contributed by atoms with Crippen molar-refractivity contribution < 1.29 is 65.7 Å². The zero-order valence-corrected chi connectivity index (χ0v) is 11.6. The average molecular weight is 232 g/mol. The normalized spacial score (nSPS) is 10.3. The molecule has 1 heterocycles. The molecule has 15 heavy (non-hydrogen) atoms. The Morgan fingerprint density at radius 3 is 2.53 bits per heavy atom. The molecule has 1 aromatic rings. The van der Waals surface area contributed by atoms with Crippen LogP contribution in [0.1, 0.15) is 16.3 Å². The minimum atomic E-state index is -1.12. The maximum absolute atomic E-state index is 10.5. The van der Waals surface area contributed by atoms with Gasteiger partial charge in [0.15, 0.2) is 0 Å². The molecular formula is C9H9KN2O3. The fraction of sp³-hybridized carbons (Fsp3) is 0.111. The predicted octanol–water partition coefficient (Wildman–Crippen LogP) is -1.02. The van der Waals surface area contributed by atoms with Crippen LogP contribution in [0.5, 0.6) is 0 Å². The second-order valence-corrected chi connectivity index (χ2v) is 2.41. The van der Waals surface area contributed by atoms with Crippen LogP contribution in [0.3, 0.4) is 0 Å². The third-order valence-corrected chi connectivity index (χ3v) is 1.55. The SMILES string of the molecule is C[N-]/C(=C\C=N)c1ccc(C(=O)O)o1.[K+]. The number of carboxylic acids is 1. The molecule has 0 spiro atoms.